The van der Waals surface area contributed by atoms with E-state index in [-0.39, 0.29) is 23.8 Å². The molecule has 0 unspecified atom stereocenters. The van der Waals surface area contributed by atoms with Crippen LogP contribution in [0.25, 0.3) is 0 Å². The molecule has 2 aromatic carbocycles. The van der Waals surface area contributed by atoms with Crippen molar-refractivity contribution in [3.8, 4) is 5.75 Å². The summed E-state index contributed by atoms with van der Waals surface area (Å²) in [7, 11) is 0. The third kappa shape index (κ3) is 4.82. The van der Waals surface area contributed by atoms with Crippen molar-refractivity contribution < 1.29 is 14.3 Å². The van der Waals surface area contributed by atoms with Gasteiger partial charge in [-0.2, -0.15) is 0 Å². The molecule has 0 saturated heterocycles. The maximum atomic E-state index is 13.2. The molecule has 5 nitrogen and oxygen atoms in total. The number of amides is 2. The van der Waals surface area contributed by atoms with Crippen LogP contribution in [-0.2, 0) is 16.0 Å². The maximum absolute atomic E-state index is 13.2. The first kappa shape index (κ1) is 22.4. The van der Waals surface area contributed by atoms with Crippen LogP contribution in [-0.4, -0.2) is 35.9 Å². The van der Waals surface area contributed by atoms with E-state index >= 15 is 0 Å². The van der Waals surface area contributed by atoms with Crippen molar-refractivity contribution in [1.82, 2.24) is 10.2 Å². The number of rotatable bonds is 8. The first-order valence-corrected chi connectivity index (χ1v) is 12.0. The van der Waals surface area contributed by atoms with Crippen LogP contribution in [0.3, 0.4) is 0 Å². The highest BCUT2D eigenvalue weighted by molar-refractivity contribution is 5.82. The van der Waals surface area contributed by atoms with E-state index in [2.05, 4.69) is 47.5 Å². The standard InChI is InChI=1S/C27H34N2O3/c1-4-15-28-26(30)24(5-2)32-22-13-12-19-14-16-29(27(31)21-10-11-21)25(23(19)17-22)20-8-6-18(3)7-9-20/h6-9,12-13,17,21,24-25H,4-5,10-11,14-16H2,1-3H3,(H,28,30)/t24-,25-/m1/s1. The van der Waals surface area contributed by atoms with Gasteiger partial charge in [-0.15, -0.1) is 0 Å². The van der Waals surface area contributed by atoms with Gasteiger partial charge >= 0.3 is 0 Å². The number of ether oxygens (including phenoxy) is 1. The maximum Gasteiger partial charge on any atom is 0.261 e. The SMILES string of the molecule is CCCNC(=O)[C@@H](CC)Oc1ccc2c(c1)[C@@H](c1ccc(C)cc1)N(C(=O)C1CC1)CC2. The van der Waals surface area contributed by atoms with Gasteiger partial charge in [-0.1, -0.05) is 49.7 Å². The summed E-state index contributed by atoms with van der Waals surface area (Å²) in [4.78, 5) is 27.7. The zero-order chi connectivity index (χ0) is 22.7. The molecular weight excluding hydrogens is 400 g/mol. The summed E-state index contributed by atoms with van der Waals surface area (Å²) in [5, 5.41) is 2.93. The van der Waals surface area contributed by atoms with Crippen LogP contribution in [0.4, 0.5) is 0 Å². The highest BCUT2D eigenvalue weighted by atomic mass is 16.5. The second-order valence-corrected chi connectivity index (χ2v) is 9.04. The Morgan fingerprint density at radius 1 is 1.12 bits per heavy atom. The van der Waals surface area contributed by atoms with Crippen molar-refractivity contribution in [3.63, 3.8) is 0 Å². The normalized spacial score (nSPS) is 18.6. The zero-order valence-corrected chi connectivity index (χ0v) is 19.4. The number of hydrogen-bond donors (Lipinski definition) is 1. The fourth-order valence-corrected chi connectivity index (χ4v) is 4.43. The lowest BCUT2D eigenvalue weighted by Gasteiger charge is -2.38. The number of fused-ring (bicyclic) bond motifs is 1. The highest BCUT2D eigenvalue weighted by Crippen LogP contribution is 2.41. The Morgan fingerprint density at radius 2 is 1.88 bits per heavy atom. The lowest BCUT2D eigenvalue weighted by molar-refractivity contribution is -0.134. The molecule has 32 heavy (non-hydrogen) atoms. The number of hydrogen-bond acceptors (Lipinski definition) is 3. The number of carbonyl (C=O) groups is 2. The largest absolute Gasteiger partial charge is 0.481 e. The summed E-state index contributed by atoms with van der Waals surface area (Å²) >= 11 is 0. The van der Waals surface area contributed by atoms with Gasteiger partial charge in [-0.05, 0) is 67.9 Å². The topological polar surface area (TPSA) is 58.6 Å². The molecule has 0 spiro atoms. The van der Waals surface area contributed by atoms with E-state index < -0.39 is 6.10 Å². The Balaban J connectivity index is 1.66. The molecule has 1 aliphatic heterocycles. The van der Waals surface area contributed by atoms with E-state index in [0.29, 0.717) is 18.7 Å². The predicted molar refractivity (Wildman–Crippen MR) is 126 cm³/mol. The van der Waals surface area contributed by atoms with Crippen LogP contribution >= 0.6 is 0 Å². The first-order valence-electron chi connectivity index (χ1n) is 12.0. The molecule has 1 saturated carbocycles. The summed E-state index contributed by atoms with van der Waals surface area (Å²) in [5.41, 5.74) is 4.67. The van der Waals surface area contributed by atoms with Gasteiger partial charge in [0, 0.05) is 19.0 Å². The molecule has 2 atom stereocenters. The monoisotopic (exact) mass is 434 g/mol. The van der Waals surface area contributed by atoms with Gasteiger partial charge in [-0.3, -0.25) is 9.59 Å². The second kappa shape index (κ2) is 9.76. The third-order valence-corrected chi connectivity index (χ3v) is 6.44. The molecule has 0 aromatic heterocycles. The zero-order valence-electron chi connectivity index (χ0n) is 19.4. The van der Waals surface area contributed by atoms with Gasteiger partial charge in [-0.25, -0.2) is 0 Å². The Kier molecular flexibility index (Phi) is 6.83. The lowest BCUT2D eigenvalue weighted by Crippen LogP contribution is -2.41. The molecule has 5 heteroatoms. The molecule has 1 heterocycles. The molecule has 170 valence electrons. The van der Waals surface area contributed by atoms with Gasteiger partial charge in [0.25, 0.3) is 5.91 Å². The van der Waals surface area contributed by atoms with Crippen molar-refractivity contribution in [2.75, 3.05) is 13.1 Å². The molecule has 2 amide bonds. The molecule has 0 radical (unpaired) electrons. The fraction of sp³-hybridized carbons (Fsp3) is 0.481. The molecule has 2 aliphatic rings. The van der Waals surface area contributed by atoms with Gasteiger partial charge in [0.1, 0.15) is 5.75 Å². The van der Waals surface area contributed by atoms with Crippen molar-refractivity contribution >= 4 is 11.8 Å². The van der Waals surface area contributed by atoms with E-state index in [9.17, 15) is 9.59 Å². The molecule has 1 N–H and O–H groups in total. The van der Waals surface area contributed by atoms with Crippen LogP contribution in [0.5, 0.6) is 5.75 Å². The summed E-state index contributed by atoms with van der Waals surface area (Å²) in [5.74, 6) is 1.04. The van der Waals surface area contributed by atoms with E-state index in [1.54, 1.807) is 0 Å². The van der Waals surface area contributed by atoms with E-state index in [1.165, 1.54) is 11.1 Å². The van der Waals surface area contributed by atoms with E-state index in [1.807, 2.05) is 26.0 Å². The van der Waals surface area contributed by atoms with Crippen molar-refractivity contribution in [2.24, 2.45) is 5.92 Å². The summed E-state index contributed by atoms with van der Waals surface area (Å²) in [6, 6.07) is 14.4. The highest BCUT2D eigenvalue weighted by Gasteiger charge is 2.39. The van der Waals surface area contributed by atoms with E-state index in [0.717, 1.165) is 43.4 Å². The van der Waals surface area contributed by atoms with Gasteiger partial charge in [0.05, 0.1) is 6.04 Å². The van der Waals surface area contributed by atoms with Gasteiger partial charge < -0.3 is 15.0 Å². The fourth-order valence-electron chi connectivity index (χ4n) is 4.43. The summed E-state index contributed by atoms with van der Waals surface area (Å²) in [6.07, 6.45) is 3.80. The smallest absolute Gasteiger partial charge is 0.261 e. The molecular formula is C27H34N2O3. The summed E-state index contributed by atoms with van der Waals surface area (Å²) < 4.78 is 6.13. The third-order valence-electron chi connectivity index (χ3n) is 6.44. The van der Waals surface area contributed by atoms with E-state index in [4.69, 9.17) is 4.74 Å². The first-order chi connectivity index (χ1) is 15.5. The lowest BCUT2D eigenvalue weighted by atomic mass is 9.87. The Morgan fingerprint density at radius 3 is 2.53 bits per heavy atom. The predicted octanol–water partition coefficient (Wildman–Crippen LogP) is 4.56. The van der Waals surface area contributed by atoms with Crippen LogP contribution in [0.15, 0.2) is 42.5 Å². The molecule has 1 fully saturated rings. The minimum Gasteiger partial charge on any atom is -0.481 e. The molecule has 1 aliphatic carbocycles. The van der Waals surface area contributed by atoms with Crippen LogP contribution in [0.2, 0.25) is 0 Å². The minimum atomic E-state index is -0.523. The van der Waals surface area contributed by atoms with Crippen LogP contribution in [0.1, 0.15) is 67.8 Å². The molecule has 2 aromatic rings. The number of benzene rings is 2. The quantitative estimate of drug-likeness (QED) is 0.662. The summed E-state index contributed by atoms with van der Waals surface area (Å²) in [6.45, 7) is 7.45. The Labute approximate surface area is 191 Å². The Hall–Kier alpha value is -2.82. The number of carbonyl (C=O) groups excluding carboxylic acids is 2. The van der Waals surface area contributed by atoms with Crippen LogP contribution < -0.4 is 10.1 Å². The Bertz CT molecular complexity index is 965. The molecule has 0 bridgehead atoms. The second-order valence-electron chi connectivity index (χ2n) is 9.04. The average Bonchev–Trinajstić information content (AvgIpc) is 3.66. The number of nitrogens with one attached hydrogen (secondary N) is 1. The van der Waals surface area contributed by atoms with Gasteiger partial charge in [0.2, 0.25) is 5.91 Å². The molecule has 4 rings (SSSR count). The number of nitrogens with zero attached hydrogens (tertiary/aromatic N) is 1. The average molecular weight is 435 g/mol. The minimum absolute atomic E-state index is 0.0762. The number of aryl methyl sites for hydroxylation is 1. The van der Waals surface area contributed by atoms with Gasteiger partial charge in [0.15, 0.2) is 6.10 Å². The van der Waals surface area contributed by atoms with Crippen molar-refractivity contribution in [1.29, 1.82) is 0 Å². The van der Waals surface area contributed by atoms with Crippen LogP contribution in [0, 0.1) is 12.8 Å². The van der Waals surface area contributed by atoms with Crippen molar-refractivity contribution in [2.45, 2.75) is 65.0 Å². The van der Waals surface area contributed by atoms with Crippen molar-refractivity contribution in [3.05, 3.63) is 64.7 Å².